The molecule has 0 saturated carbocycles. The number of hydrogen-bond donors (Lipinski definition) is 1. The third kappa shape index (κ3) is 6.44. The average Bonchev–Trinajstić information content (AvgIpc) is 2.61. The van der Waals surface area contributed by atoms with Crippen LogP contribution in [0.25, 0.3) is 0 Å². The van der Waals surface area contributed by atoms with E-state index in [9.17, 15) is 14.0 Å². The van der Waals surface area contributed by atoms with Crippen LogP contribution in [0, 0.1) is 5.82 Å². The summed E-state index contributed by atoms with van der Waals surface area (Å²) in [5.74, 6) is -0.970. The fourth-order valence-corrected chi connectivity index (χ4v) is 3.01. The van der Waals surface area contributed by atoms with Crippen molar-refractivity contribution in [2.75, 3.05) is 0 Å². The highest BCUT2D eigenvalue weighted by Crippen LogP contribution is 2.17. The van der Waals surface area contributed by atoms with Crippen LogP contribution in [0.1, 0.15) is 38.8 Å². The van der Waals surface area contributed by atoms with E-state index in [1.54, 1.807) is 25.1 Å². The molecule has 0 aliphatic carbocycles. The van der Waals surface area contributed by atoms with Crippen LogP contribution >= 0.6 is 15.9 Å². The van der Waals surface area contributed by atoms with Gasteiger partial charge in [0.2, 0.25) is 11.8 Å². The van der Waals surface area contributed by atoms with Crippen LogP contribution in [-0.2, 0) is 22.6 Å². The van der Waals surface area contributed by atoms with Gasteiger partial charge in [-0.2, -0.15) is 0 Å². The Hall–Kier alpha value is -2.21. The Morgan fingerprint density at radius 1 is 1.11 bits per heavy atom. The zero-order valence-corrected chi connectivity index (χ0v) is 18.2. The second-order valence-corrected chi connectivity index (χ2v) is 8.75. The molecule has 0 spiro atoms. The number of hydrogen-bond acceptors (Lipinski definition) is 2. The van der Waals surface area contributed by atoms with Gasteiger partial charge in [-0.15, -0.1) is 0 Å². The molecule has 2 aromatic rings. The number of carbonyl (C=O) groups is 2. The Morgan fingerprint density at radius 3 is 2.29 bits per heavy atom. The van der Waals surface area contributed by atoms with Gasteiger partial charge in [-0.1, -0.05) is 46.3 Å². The lowest BCUT2D eigenvalue weighted by Crippen LogP contribution is -2.52. The fraction of sp³-hybridized carbons (Fsp3) is 0.364. The van der Waals surface area contributed by atoms with Crippen molar-refractivity contribution in [3.8, 4) is 0 Å². The standard InChI is InChI=1S/C22H26BrFN2O2/c1-15(21(28)25-22(2,3)4)26(14-16-9-11-18(23)12-10-16)20(27)13-17-7-5-6-8-19(17)24/h5-12,15H,13-14H2,1-4H3,(H,25,28)/t15-/m0/s1. The predicted molar refractivity (Wildman–Crippen MR) is 112 cm³/mol. The Kier molecular flexibility index (Phi) is 7.35. The van der Waals surface area contributed by atoms with Crippen LogP contribution in [0.2, 0.25) is 0 Å². The smallest absolute Gasteiger partial charge is 0.242 e. The van der Waals surface area contributed by atoms with Crippen molar-refractivity contribution in [1.82, 2.24) is 10.2 Å². The highest BCUT2D eigenvalue weighted by molar-refractivity contribution is 9.10. The zero-order valence-electron chi connectivity index (χ0n) is 16.6. The van der Waals surface area contributed by atoms with E-state index < -0.39 is 17.4 Å². The molecule has 1 N–H and O–H groups in total. The molecule has 6 heteroatoms. The highest BCUT2D eigenvalue weighted by atomic mass is 79.9. The zero-order chi connectivity index (χ0) is 20.9. The van der Waals surface area contributed by atoms with Crippen molar-refractivity contribution in [2.45, 2.75) is 52.2 Å². The summed E-state index contributed by atoms with van der Waals surface area (Å²) in [6.07, 6.45) is -0.101. The lowest BCUT2D eigenvalue weighted by atomic mass is 10.1. The maximum atomic E-state index is 14.0. The van der Waals surface area contributed by atoms with Gasteiger partial charge in [-0.05, 0) is 57.0 Å². The second kappa shape index (κ2) is 9.32. The molecule has 0 aromatic heterocycles. The molecule has 0 aliphatic heterocycles. The van der Waals surface area contributed by atoms with E-state index in [0.717, 1.165) is 10.0 Å². The summed E-state index contributed by atoms with van der Waals surface area (Å²) in [4.78, 5) is 27.2. The van der Waals surface area contributed by atoms with E-state index in [4.69, 9.17) is 0 Å². The maximum absolute atomic E-state index is 14.0. The molecule has 0 radical (unpaired) electrons. The van der Waals surface area contributed by atoms with Crippen molar-refractivity contribution in [3.63, 3.8) is 0 Å². The van der Waals surface area contributed by atoms with E-state index in [1.807, 2.05) is 45.0 Å². The lowest BCUT2D eigenvalue weighted by molar-refractivity contribution is -0.140. The molecule has 150 valence electrons. The van der Waals surface area contributed by atoms with Gasteiger partial charge in [-0.25, -0.2) is 4.39 Å². The highest BCUT2D eigenvalue weighted by Gasteiger charge is 2.28. The molecule has 4 nitrogen and oxygen atoms in total. The molecule has 2 aromatic carbocycles. The SMILES string of the molecule is C[C@@H](C(=O)NC(C)(C)C)N(Cc1ccc(Br)cc1)C(=O)Cc1ccccc1F. The van der Waals surface area contributed by atoms with E-state index in [0.29, 0.717) is 5.56 Å². The van der Waals surface area contributed by atoms with Crippen molar-refractivity contribution in [2.24, 2.45) is 0 Å². The number of amides is 2. The minimum absolute atomic E-state index is 0.101. The lowest BCUT2D eigenvalue weighted by Gasteiger charge is -2.31. The molecule has 0 saturated heterocycles. The van der Waals surface area contributed by atoms with Gasteiger partial charge in [0.25, 0.3) is 0 Å². The van der Waals surface area contributed by atoms with Crippen LogP contribution in [0.4, 0.5) is 4.39 Å². The first-order valence-corrected chi connectivity index (χ1v) is 9.95. The van der Waals surface area contributed by atoms with Crippen molar-refractivity contribution >= 4 is 27.7 Å². The fourth-order valence-electron chi connectivity index (χ4n) is 2.75. The van der Waals surface area contributed by atoms with Crippen LogP contribution in [0.3, 0.4) is 0 Å². The summed E-state index contributed by atoms with van der Waals surface area (Å²) in [7, 11) is 0. The summed E-state index contributed by atoms with van der Waals surface area (Å²) in [6.45, 7) is 7.62. The minimum atomic E-state index is -0.692. The van der Waals surface area contributed by atoms with Gasteiger partial charge >= 0.3 is 0 Å². The van der Waals surface area contributed by atoms with Crippen LogP contribution in [0.15, 0.2) is 53.0 Å². The Balaban J connectivity index is 2.26. The number of nitrogens with one attached hydrogen (secondary N) is 1. The van der Waals surface area contributed by atoms with Crippen molar-refractivity contribution in [1.29, 1.82) is 0 Å². The molecule has 0 fully saturated rings. The second-order valence-electron chi connectivity index (χ2n) is 7.83. The molecule has 2 amide bonds. The van der Waals surface area contributed by atoms with Gasteiger partial charge in [-0.3, -0.25) is 9.59 Å². The molecule has 1 atom stereocenters. The number of rotatable bonds is 6. The monoisotopic (exact) mass is 448 g/mol. The third-order valence-corrected chi connectivity index (χ3v) is 4.76. The Bertz CT molecular complexity index is 831. The maximum Gasteiger partial charge on any atom is 0.242 e. The Morgan fingerprint density at radius 2 is 1.71 bits per heavy atom. The van der Waals surface area contributed by atoms with Gasteiger partial charge in [0, 0.05) is 16.6 Å². The molecule has 0 bridgehead atoms. The largest absolute Gasteiger partial charge is 0.350 e. The van der Waals surface area contributed by atoms with Crippen molar-refractivity contribution < 1.29 is 14.0 Å². The molecule has 0 aliphatic rings. The van der Waals surface area contributed by atoms with Crippen LogP contribution in [-0.4, -0.2) is 28.3 Å². The van der Waals surface area contributed by atoms with Gasteiger partial charge in [0.15, 0.2) is 0 Å². The summed E-state index contributed by atoms with van der Waals surface area (Å²) in [5.41, 5.74) is 0.792. The Labute approximate surface area is 174 Å². The summed E-state index contributed by atoms with van der Waals surface area (Å²) >= 11 is 3.39. The molecular formula is C22H26BrFN2O2. The molecule has 28 heavy (non-hydrogen) atoms. The van der Waals surface area contributed by atoms with E-state index in [2.05, 4.69) is 21.2 Å². The van der Waals surface area contributed by atoms with Crippen LogP contribution in [0.5, 0.6) is 0 Å². The third-order valence-electron chi connectivity index (χ3n) is 4.23. The molecular weight excluding hydrogens is 423 g/mol. The summed E-state index contributed by atoms with van der Waals surface area (Å²) < 4.78 is 14.9. The minimum Gasteiger partial charge on any atom is -0.350 e. The van der Waals surface area contributed by atoms with Gasteiger partial charge < -0.3 is 10.2 Å². The van der Waals surface area contributed by atoms with E-state index in [1.165, 1.54) is 11.0 Å². The quantitative estimate of drug-likeness (QED) is 0.708. The van der Waals surface area contributed by atoms with Gasteiger partial charge in [0.05, 0.1) is 6.42 Å². The topological polar surface area (TPSA) is 49.4 Å². The first kappa shape index (κ1) is 22.1. The number of benzene rings is 2. The summed E-state index contributed by atoms with van der Waals surface area (Å²) in [6, 6.07) is 13.1. The normalized spacial score (nSPS) is 12.4. The molecule has 0 unspecified atom stereocenters. The summed E-state index contributed by atoms with van der Waals surface area (Å²) in [5, 5.41) is 2.91. The molecule has 0 heterocycles. The van der Waals surface area contributed by atoms with Crippen molar-refractivity contribution in [3.05, 3.63) is 69.9 Å². The number of nitrogens with zero attached hydrogens (tertiary/aromatic N) is 1. The van der Waals surface area contributed by atoms with Gasteiger partial charge in [0.1, 0.15) is 11.9 Å². The van der Waals surface area contributed by atoms with E-state index in [-0.39, 0.29) is 24.8 Å². The number of halogens is 2. The number of carbonyl (C=O) groups excluding carboxylic acids is 2. The first-order valence-electron chi connectivity index (χ1n) is 9.16. The van der Waals surface area contributed by atoms with Crippen LogP contribution < -0.4 is 5.32 Å². The average molecular weight is 449 g/mol. The molecule has 2 rings (SSSR count). The predicted octanol–water partition coefficient (Wildman–Crippen LogP) is 4.46. The van der Waals surface area contributed by atoms with E-state index >= 15 is 0 Å². The first-order chi connectivity index (χ1) is 13.1.